The van der Waals surface area contributed by atoms with Crippen LogP contribution in [-0.4, -0.2) is 37.1 Å². The Morgan fingerprint density at radius 3 is 1.44 bits per heavy atom. The van der Waals surface area contributed by atoms with E-state index in [4.69, 9.17) is 15.7 Å². The number of fused-ring (bicyclic) bond motifs is 6. The number of aromatic nitrogens is 4. The van der Waals surface area contributed by atoms with Gasteiger partial charge in [0.25, 0.3) is 0 Å². The van der Waals surface area contributed by atoms with Crippen LogP contribution in [0, 0.1) is 0 Å². The molecule has 0 amide bonds. The van der Waals surface area contributed by atoms with E-state index in [9.17, 15) is 0 Å². The van der Waals surface area contributed by atoms with Gasteiger partial charge in [0.2, 0.25) is 0 Å². The van der Waals surface area contributed by atoms with Crippen molar-refractivity contribution in [3.8, 4) is 0 Å². The summed E-state index contributed by atoms with van der Waals surface area (Å²) >= 11 is 0. The maximum absolute atomic E-state index is 5.80. The van der Waals surface area contributed by atoms with Crippen molar-refractivity contribution in [3.05, 3.63) is 156 Å². The molecule has 250 valence electrons. The average molecular weight is 657 g/mol. The van der Waals surface area contributed by atoms with Gasteiger partial charge in [-0.15, -0.1) is 0 Å². The number of nitrogens with two attached hydrogens (primary N) is 1. The molecule has 4 heterocycles. The molecule has 0 unspecified atom stereocenters. The van der Waals surface area contributed by atoms with Gasteiger partial charge in [-0.05, 0) is 61.3 Å². The Morgan fingerprint density at radius 1 is 0.480 bits per heavy atom. The van der Waals surface area contributed by atoms with Crippen molar-refractivity contribution < 1.29 is 0 Å². The average Bonchev–Trinajstić information content (AvgIpc) is 3.64. The van der Waals surface area contributed by atoms with E-state index >= 15 is 0 Å². The van der Waals surface area contributed by atoms with Gasteiger partial charge < -0.3 is 14.9 Å². The fourth-order valence-electron chi connectivity index (χ4n) is 7.53. The van der Waals surface area contributed by atoms with Gasteiger partial charge in [0.1, 0.15) is 0 Å². The van der Waals surface area contributed by atoms with Crippen molar-refractivity contribution in [2.75, 3.05) is 13.1 Å². The third kappa shape index (κ3) is 6.65. The third-order valence-corrected chi connectivity index (χ3v) is 10.00. The first-order valence-corrected chi connectivity index (χ1v) is 18.0. The van der Waals surface area contributed by atoms with Crippen LogP contribution in [0.2, 0.25) is 0 Å². The summed E-state index contributed by atoms with van der Waals surface area (Å²) in [6, 6.07) is 43.5. The van der Waals surface area contributed by atoms with Crippen molar-refractivity contribution >= 4 is 43.6 Å². The first-order chi connectivity index (χ1) is 24.7. The minimum atomic E-state index is 0.757. The number of rotatable bonds is 14. The molecular formula is C44H44N6. The van der Waals surface area contributed by atoms with Gasteiger partial charge >= 0.3 is 0 Å². The molecule has 0 spiro atoms. The van der Waals surface area contributed by atoms with Crippen LogP contribution < -0.4 is 5.73 Å². The second kappa shape index (κ2) is 14.7. The van der Waals surface area contributed by atoms with Crippen molar-refractivity contribution in [2.24, 2.45) is 5.73 Å². The molecular weight excluding hydrogens is 613 g/mol. The first-order valence-electron chi connectivity index (χ1n) is 18.0. The summed E-state index contributed by atoms with van der Waals surface area (Å²) in [7, 11) is 0. The van der Waals surface area contributed by atoms with E-state index < -0.39 is 0 Å². The lowest BCUT2D eigenvalue weighted by atomic mass is 10.1. The third-order valence-electron chi connectivity index (χ3n) is 10.00. The van der Waals surface area contributed by atoms with Crippen molar-refractivity contribution in [3.63, 3.8) is 0 Å². The Hall–Kier alpha value is -5.30. The van der Waals surface area contributed by atoms with E-state index in [2.05, 4.69) is 148 Å². The van der Waals surface area contributed by atoms with Crippen LogP contribution >= 0.6 is 0 Å². The van der Waals surface area contributed by atoms with Crippen LogP contribution in [0.5, 0.6) is 0 Å². The molecule has 8 rings (SSSR count). The second-order valence-electron chi connectivity index (χ2n) is 13.5. The number of unbranched alkanes of at least 4 members (excludes halogenated alkanes) is 3. The van der Waals surface area contributed by atoms with Gasteiger partial charge in [-0.25, -0.2) is 0 Å². The quantitative estimate of drug-likeness (QED) is 0.119. The van der Waals surface area contributed by atoms with Crippen LogP contribution in [0.3, 0.4) is 0 Å². The molecule has 4 aromatic carbocycles. The largest absolute Gasteiger partial charge is 0.335 e. The molecule has 6 nitrogen and oxygen atoms in total. The summed E-state index contributed by atoms with van der Waals surface area (Å²) in [6.07, 6.45) is 8.71. The molecule has 0 aliphatic carbocycles. The zero-order valence-corrected chi connectivity index (χ0v) is 28.6. The number of hydrogen-bond acceptors (Lipinski definition) is 4. The number of nitrogens with zero attached hydrogens (tertiary/aromatic N) is 5. The number of para-hydroxylation sites is 2. The molecule has 8 aromatic rings. The number of benzene rings is 4. The van der Waals surface area contributed by atoms with Crippen molar-refractivity contribution in [1.82, 2.24) is 24.0 Å². The summed E-state index contributed by atoms with van der Waals surface area (Å²) in [4.78, 5) is 12.7. The normalized spacial score (nSPS) is 11.9. The second-order valence-corrected chi connectivity index (χ2v) is 13.5. The van der Waals surface area contributed by atoms with E-state index in [1.54, 1.807) is 0 Å². The SMILES string of the molecule is NCCCCCCN(Cc1cc2c3ccccc3n(Cc3ccccc3)c2cn1)Cc1cc2c3ccccc3n(Cc3ccccc3)c2cn1. The van der Waals surface area contributed by atoms with Crippen LogP contribution in [0.25, 0.3) is 43.6 Å². The first kappa shape index (κ1) is 31.9. The highest BCUT2D eigenvalue weighted by Crippen LogP contribution is 2.32. The lowest BCUT2D eigenvalue weighted by molar-refractivity contribution is 0.245. The lowest BCUT2D eigenvalue weighted by Gasteiger charge is -2.22. The number of hydrogen-bond donors (Lipinski definition) is 1. The molecule has 0 saturated carbocycles. The standard InChI is InChI=1S/C44H44N6/c45-23-13-1-2-14-24-48(31-35-25-39-37-19-9-11-21-41(37)49(43(39)27-46-35)29-33-15-5-3-6-16-33)32-36-26-40-38-20-10-12-22-42(38)50(44(40)28-47-36)30-34-17-7-4-8-18-34/h3-12,15-22,25-28H,1-2,13-14,23-24,29-32,45H2. The minimum absolute atomic E-state index is 0.757. The lowest BCUT2D eigenvalue weighted by Crippen LogP contribution is -2.25. The molecule has 0 radical (unpaired) electrons. The molecule has 0 atom stereocenters. The smallest absolute Gasteiger partial charge is 0.0681 e. The van der Waals surface area contributed by atoms with Gasteiger partial charge in [0.15, 0.2) is 0 Å². The topological polar surface area (TPSA) is 64.9 Å². The van der Waals surface area contributed by atoms with Crippen LogP contribution in [-0.2, 0) is 26.2 Å². The highest BCUT2D eigenvalue weighted by molar-refractivity contribution is 6.08. The van der Waals surface area contributed by atoms with Crippen LogP contribution in [0.15, 0.2) is 134 Å². The highest BCUT2D eigenvalue weighted by Gasteiger charge is 2.17. The molecule has 0 aliphatic heterocycles. The Kier molecular flexibility index (Phi) is 9.37. The summed E-state index contributed by atoms with van der Waals surface area (Å²) in [5.41, 5.74) is 15.4. The fraction of sp³-hybridized carbons (Fsp3) is 0.227. The molecule has 0 fully saturated rings. The Labute approximate surface area is 293 Å². The summed E-state index contributed by atoms with van der Waals surface area (Å²) in [5.74, 6) is 0. The van der Waals surface area contributed by atoms with Gasteiger partial charge in [0.05, 0.1) is 34.8 Å². The monoisotopic (exact) mass is 656 g/mol. The Bertz CT molecular complexity index is 2190. The Balaban J connectivity index is 1.11. The minimum Gasteiger partial charge on any atom is -0.335 e. The summed E-state index contributed by atoms with van der Waals surface area (Å²) < 4.78 is 4.80. The Morgan fingerprint density at radius 2 is 0.940 bits per heavy atom. The van der Waals surface area contributed by atoms with Crippen molar-refractivity contribution in [2.45, 2.75) is 51.9 Å². The van der Waals surface area contributed by atoms with Crippen LogP contribution in [0.1, 0.15) is 48.2 Å². The zero-order valence-electron chi connectivity index (χ0n) is 28.6. The fourth-order valence-corrected chi connectivity index (χ4v) is 7.53. The van der Waals surface area contributed by atoms with Gasteiger partial charge in [-0.2, -0.15) is 0 Å². The van der Waals surface area contributed by atoms with Gasteiger partial charge in [0, 0.05) is 58.8 Å². The van der Waals surface area contributed by atoms with Gasteiger partial charge in [-0.3, -0.25) is 14.9 Å². The predicted molar refractivity (Wildman–Crippen MR) is 207 cm³/mol. The molecule has 0 aliphatic rings. The van der Waals surface area contributed by atoms with E-state index in [1.165, 1.54) is 67.6 Å². The van der Waals surface area contributed by atoms with E-state index in [0.29, 0.717) is 0 Å². The molecule has 4 aromatic heterocycles. The maximum Gasteiger partial charge on any atom is 0.0681 e. The molecule has 6 heteroatoms. The van der Waals surface area contributed by atoms with Crippen LogP contribution in [0.4, 0.5) is 0 Å². The highest BCUT2D eigenvalue weighted by atomic mass is 15.1. The maximum atomic E-state index is 5.80. The summed E-state index contributed by atoms with van der Waals surface area (Å²) in [5, 5.41) is 5.06. The zero-order chi connectivity index (χ0) is 33.7. The van der Waals surface area contributed by atoms with E-state index in [-0.39, 0.29) is 0 Å². The predicted octanol–water partition coefficient (Wildman–Crippen LogP) is 9.31. The molecule has 2 N–H and O–H groups in total. The van der Waals surface area contributed by atoms with E-state index in [1.807, 2.05) is 0 Å². The van der Waals surface area contributed by atoms with Gasteiger partial charge in [-0.1, -0.05) is 110 Å². The van der Waals surface area contributed by atoms with Crippen molar-refractivity contribution in [1.29, 1.82) is 0 Å². The summed E-state index contributed by atoms with van der Waals surface area (Å²) in [6.45, 7) is 4.90. The van der Waals surface area contributed by atoms with E-state index in [0.717, 1.165) is 63.5 Å². The molecule has 0 bridgehead atoms. The molecule has 50 heavy (non-hydrogen) atoms. The molecule has 0 saturated heterocycles. The number of pyridine rings is 2.